The van der Waals surface area contributed by atoms with Crippen LogP contribution in [0.15, 0.2) is 40.9 Å². The SMILES string of the molecule is CC(N)c1ccc(Br)cc1Oc1cc(Cl)ccc1Cl. The van der Waals surface area contributed by atoms with Gasteiger partial charge in [-0.15, -0.1) is 0 Å². The fourth-order valence-electron chi connectivity index (χ4n) is 1.65. The summed E-state index contributed by atoms with van der Waals surface area (Å²) in [5.41, 5.74) is 6.83. The first-order valence-corrected chi connectivity index (χ1v) is 7.20. The molecule has 0 spiro atoms. The standard InChI is InChI=1S/C14H12BrCl2NO/c1-8(18)11-4-2-9(15)6-13(11)19-14-7-10(16)3-5-12(14)17/h2-8H,18H2,1H3. The lowest BCUT2D eigenvalue weighted by atomic mass is 10.1. The van der Waals surface area contributed by atoms with Crippen LogP contribution in [-0.4, -0.2) is 0 Å². The van der Waals surface area contributed by atoms with Gasteiger partial charge < -0.3 is 10.5 Å². The van der Waals surface area contributed by atoms with E-state index in [1.165, 1.54) is 0 Å². The lowest BCUT2D eigenvalue weighted by molar-refractivity contribution is 0.472. The first kappa shape index (κ1) is 14.7. The van der Waals surface area contributed by atoms with E-state index < -0.39 is 0 Å². The third-order valence-corrected chi connectivity index (χ3v) is 3.62. The largest absolute Gasteiger partial charge is 0.455 e. The normalized spacial score (nSPS) is 12.3. The fourth-order valence-corrected chi connectivity index (χ4v) is 2.30. The summed E-state index contributed by atoms with van der Waals surface area (Å²) >= 11 is 15.4. The van der Waals surface area contributed by atoms with E-state index in [2.05, 4.69) is 15.9 Å². The van der Waals surface area contributed by atoms with E-state index in [0.717, 1.165) is 10.0 Å². The van der Waals surface area contributed by atoms with Gasteiger partial charge in [-0.3, -0.25) is 0 Å². The van der Waals surface area contributed by atoms with Crippen molar-refractivity contribution in [3.63, 3.8) is 0 Å². The predicted molar refractivity (Wildman–Crippen MR) is 83.3 cm³/mol. The third-order valence-electron chi connectivity index (χ3n) is 2.58. The molecular formula is C14H12BrCl2NO. The predicted octanol–water partition coefficient (Wildman–Crippen LogP) is 5.57. The molecule has 2 aromatic carbocycles. The number of rotatable bonds is 3. The van der Waals surface area contributed by atoms with Crippen LogP contribution in [0.4, 0.5) is 0 Å². The number of hydrogen-bond acceptors (Lipinski definition) is 2. The Morgan fingerprint density at radius 1 is 1.11 bits per heavy atom. The first-order chi connectivity index (χ1) is 8.97. The number of halogens is 3. The lowest BCUT2D eigenvalue weighted by Gasteiger charge is -2.15. The van der Waals surface area contributed by atoms with Crippen LogP contribution in [0.5, 0.6) is 11.5 Å². The molecule has 1 unspecified atom stereocenters. The maximum atomic E-state index is 6.09. The molecule has 0 aliphatic rings. The van der Waals surface area contributed by atoms with Crippen LogP contribution in [0, 0.1) is 0 Å². The highest BCUT2D eigenvalue weighted by Gasteiger charge is 2.11. The molecule has 100 valence electrons. The summed E-state index contributed by atoms with van der Waals surface area (Å²) in [5, 5.41) is 1.07. The second kappa shape index (κ2) is 6.14. The van der Waals surface area contributed by atoms with E-state index in [9.17, 15) is 0 Å². The van der Waals surface area contributed by atoms with E-state index in [-0.39, 0.29) is 6.04 Å². The Morgan fingerprint density at radius 2 is 1.84 bits per heavy atom. The van der Waals surface area contributed by atoms with E-state index in [4.69, 9.17) is 33.7 Å². The lowest BCUT2D eigenvalue weighted by Crippen LogP contribution is -2.06. The smallest absolute Gasteiger partial charge is 0.147 e. The fraction of sp³-hybridized carbons (Fsp3) is 0.143. The topological polar surface area (TPSA) is 35.2 Å². The molecule has 0 saturated carbocycles. The Bertz CT molecular complexity index is 602. The van der Waals surface area contributed by atoms with Gasteiger partial charge in [0.1, 0.15) is 11.5 Å². The zero-order chi connectivity index (χ0) is 14.0. The van der Waals surface area contributed by atoms with Crippen molar-refractivity contribution in [2.75, 3.05) is 0 Å². The Kier molecular flexibility index (Phi) is 4.74. The number of nitrogens with two attached hydrogens (primary N) is 1. The summed E-state index contributed by atoms with van der Waals surface area (Å²) in [5.74, 6) is 1.17. The number of benzene rings is 2. The van der Waals surface area contributed by atoms with Crippen LogP contribution in [-0.2, 0) is 0 Å². The van der Waals surface area contributed by atoms with Crippen molar-refractivity contribution in [1.29, 1.82) is 0 Å². The molecule has 5 heteroatoms. The van der Waals surface area contributed by atoms with Crippen molar-refractivity contribution in [3.8, 4) is 11.5 Å². The minimum absolute atomic E-state index is 0.138. The highest BCUT2D eigenvalue weighted by Crippen LogP contribution is 2.36. The molecule has 2 aromatic rings. The van der Waals surface area contributed by atoms with Crippen LogP contribution in [0.3, 0.4) is 0 Å². The number of ether oxygens (including phenoxy) is 1. The van der Waals surface area contributed by atoms with Crippen LogP contribution in [0.25, 0.3) is 0 Å². The average molecular weight is 361 g/mol. The monoisotopic (exact) mass is 359 g/mol. The number of hydrogen-bond donors (Lipinski definition) is 1. The van der Waals surface area contributed by atoms with Crippen molar-refractivity contribution in [2.45, 2.75) is 13.0 Å². The minimum Gasteiger partial charge on any atom is -0.455 e. The Morgan fingerprint density at radius 3 is 2.53 bits per heavy atom. The van der Waals surface area contributed by atoms with Crippen LogP contribution in [0.1, 0.15) is 18.5 Å². The summed E-state index contributed by atoms with van der Waals surface area (Å²) in [4.78, 5) is 0. The molecule has 0 aromatic heterocycles. The van der Waals surface area contributed by atoms with Crippen LogP contribution < -0.4 is 10.5 Å². The van der Waals surface area contributed by atoms with Gasteiger partial charge in [0, 0.05) is 27.2 Å². The highest BCUT2D eigenvalue weighted by molar-refractivity contribution is 9.10. The average Bonchev–Trinajstić information content (AvgIpc) is 2.33. The summed E-state index contributed by atoms with van der Waals surface area (Å²) in [7, 11) is 0. The van der Waals surface area contributed by atoms with Crippen LogP contribution >= 0.6 is 39.1 Å². The van der Waals surface area contributed by atoms with Gasteiger partial charge in [0.15, 0.2) is 0 Å². The maximum absolute atomic E-state index is 6.09. The van der Waals surface area contributed by atoms with E-state index >= 15 is 0 Å². The molecule has 19 heavy (non-hydrogen) atoms. The highest BCUT2D eigenvalue weighted by atomic mass is 79.9. The Balaban J connectivity index is 2.42. The molecule has 0 radical (unpaired) electrons. The van der Waals surface area contributed by atoms with E-state index in [1.54, 1.807) is 18.2 Å². The van der Waals surface area contributed by atoms with Crippen molar-refractivity contribution in [3.05, 3.63) is 56.5 Å². The molecule has 0 aliphatic carbocycles. The minimum atomic E-state index is -0.138. The Labute approximate surface area is 130 Å². The maximum Gasteiger partial charge on any atom is 0.147 e. The molecule has 1 atom stereocenters. The van der Waals surface area contributed by atoms with Gasteiger partial charge in [-0.05, 0) is 31.2 Å². The van der Waals surface area contributed by atoms with Crippen molar-refractivity contribution >= 4 is 39.1 Å². The molecule has 0 fully saturated rings. The van der Waals surface area contributed by atoms with E-state index in [0.29, 0.717) is 21.5 Å². The Hall–Kier alpha value is -0.740. The van der Waals surface area contributed by atoms with Gasteiger partial charge in [0.25, 0.3) is 0 Å². The second-order valence-electron chi connectivity index (χ2n) is 4.15. The van der Waals surface area contributed by atoms with Crippen molar-refractivity contribution in [1.82, 2.24) is 0 Å². The quantitative estimate of drug-likeness (QED) is 0.776. The molecule has 0 bridgehead atoms. The van der Waals surface area contributed by atoms with Crippen molar-refractivity contribution in [2.24, 2.45) is 5.73 Å². The van der Waals surface area contributed by atoms with Crippen LogP contribution in [0.2, 0.25) is 10.0 Å². The van der Waals surface area contributed by atoms with Gasteiger partial charge in [-0.2, -0.15) is 0 Å². The summed E-state index contributed by atoms with van der Waals surface area (Å²) in [6.45, 7) is 1.90. The van der Waals surface area contributed by atoms with Gasteiger partial charge >= 0.3 is 0 Å². The molecule has 0 aliphatic heterocycles. The zero-order valence-electron chi connectivity index (χ0n) is 10.2. The van der Waals surface area contributed by atoms with Gasteiger partial charge in [-0.1, -0.05) is 45.2 Å². The summed E-state index contributed by atoms with van der Waals surface area (Å²) < 4.78 is 6.74. The van der Waals surface area contributed by atoms with Gasteiger partial charge in [0.05, 0.1) is 5.02 Å². The van der Waals surface area contributed by atoms with Gasteiger partial charge in [0.2, 0.25) is 0 Å². The molecule has 0 amide bonds. The molecule has 2 rings (SSSR count). The molecule has 2 nitrogen and oxygen atoms in total. The molecule has 0 heterocycles. The third kappa shape index (κ3) is 3.63. The van der Waals surface area contributed by atoms with Crippen molar-refractivity contribution < 1.29 is 4.74 Å². The first-order valence-electron chi connectivity index (χ1n) is 5.65. The summed E-state index contributed by atoms with van der Waals surface area (Å²) in [6, 6.07) is 10.6. The van der Waals surface area contributed by atoms with Gasteiger partial charge in [-0.25, -0.2) is 0 Å². The molecule has 2 N–H and O–H groups in total. The molecule has 0 saturated heterocycles. The van der Waals surface area contributed by atoms with E-state index in [1.807, 2.05) is 25.1 Å². The second-order valence-corrected chi connectivity index (χ2v) is 5.91. The summed E-state index contributed by atoms with van der Waals surface area (Å²) in [6.07, 6.45) is 0. The zero-order valence-corrected chi connectivity index (χ0v) is 13.3. The molecular weight excluding hydrogens is 349 g/mol.